The van der Waals surface area contributed by atoms with Crippen molar-refractivity contribution in [3.8, 4) is 0 Å². The zero-order chi connectivity index (χ0) is 11.8. The maximum Gasteiger partial charge on any atom is 0.132 e. The highest BCUT2D eigenvalue weighted by molar-refractivity contribution is 5.77. The number of rotatable bonds is 5. The quantitative estimate of drug-likeness (QED) is 0.681. The van der Waals surface area contributed by atoms with Gasteiger partial charge in [0.05, 0.1) is 0 Å². The topological polar surface area (TPSA) is 17.1 Å². The van der Waals surface area contributed by atoms with Crippen molar-refractivity contribution in [2.75, 3.05) is 0 Å². The molecule has 2 fully saturated rings. The van der Waals surface area contributed by atoms with Crippen molar-refractivity contribution in [1.82, 2.24) is 0 Å². The van der Waals surface area contributed by atoms with Crippen LogP contribution < -0.4 is 0 Å². The van der Waals surface area contributed by atoms with Crippen molar-refractivity contribution in [3.63, 3.8) is 0 Å². The molecule has 0 radical (unpaired) electrons. The third-order valence-corrected chi connectivity index (χ3v) is 5.33. The van der Waals surface area contributed by atoms with Crippen LogP contribution in [0.3, 0.4) is 0 Å². The van der Waals surface area contributed by atoms with E-state index in [1.165, 1.54) is 38.5 Å². The van der Waals surface area contributed by atoms with E-state index in [0.717, 1.165) is 18.3 Å². The molecule has 3 atom stereocenters. The van der Waals surface area contributed by atoms with Gasteiger partial charge in [-0.2, -0.15) is 0 Å². The molecule has 0 aliphatic heterocycles. The van der Waals surface area contributed by atoms with Crippen molar-refractivity contribution in [2.24, 2.45) is 23.2 Å². The fourth-order valence-electron chi connectivity index (χ4n) is 3.94. The van der Waals surface area contributed by atoms with Crippen LogP contribution in [0.4, 0.5) is 0 Å². The van der Waals surface area contributed by atoms with E-state index in [-0.39, 0.29) is 5.92 Å². The second kappa shape index (κ2) is 4.50. The first-order chi connectivity index (χ1) is 7.59. The number of ketones is 1. The van der Waals surface area contributed by atoms with Gasteiger partial charge in [-0.1, -0.05) is 46.0 Å². The van der Waals surface area contributed by atoms with Crippen LogP contribution in [-0.4, -0.2) is 5.78 Å². The molecule has 0 aromatic heterocycles. The molecule has 2 rings (SSSR count). The lowest BCUT2D eigenvalue weighted by molar-refractivity contribution is -0.120. The Kier molecular flexibility index (Phi) is 3.42. The lowest BCUT2D eigenvalue weighted by Gasteiger charge is -2.21. The van der Waals surface area contributed by atoms with E-state index < -0.39 is 0 Å². The Hall–Kier alpha value is -0.330. The number of hydrogen-bond donors (Lipinski definition) is 0. The zero-order valence-electron chi connectivity index (χ0n) is 11.1. The van der Waals surface area contributed by atoms with Crippen molar-refractivity contribution >= 4 is 5.78 Å². The second-order valence-electron chi connectivity index (χ2n) is 6.29. The summed E-state index contributed by atoms with van der Waals surface area (Å²) in [5, 5.41) is 0. The third kappa shape index (κ3) is 2.19. The number of carbonyl (C=O) groups excluding carboxylic acids is 1. The van der Waals surface area contributed by atoms with Crippen LogP contribution in [0.2, 0.25) is 0 Å². The summed E-state index contributed by atoms with van der Waals surface area (Å²) in [5.41, 5.74) is 0.556. The van der Waals surface area contributed by atoms with Gasteiger partial charge in [0.25, 0.3) is 0 Å². The van der Waals surface area contributed by atoms with Gasteiger partial charge in [-0.3, -0.25) is 4.79 Å². The maximum atomic E-state index is 11.4. The van der Waals surface area contributed by atoms with Gasteiger partial charge in [0.1, 0.15) is 5.78 Å². The second-order valence-corrected chi connectivity index (χ2v) is 6.29. The molecule has 92 valence electrons. The molecule has 2 saturated carbocycles. The average molecular weight is 222 g/mol. The molecule has 1 unspecified atom stereocenters. The molecule has 0 aromatic carbocycles. The maximum absolute atomic E-state index is 11.4. The lowest BCUT2D eigenvalue weighted by Crippen LogP contribution is -2.16. The first-order valence-electron chi connectivity index (χ1n) is 7.09. The Labute approximate surface area is 100.0 Å². The predicted octanol–water partition coefficient (Wildman–Crippen LogP) is 4.21. The first kappa shape index (κ1) is 12.1. The Morgan fingerprint density at radius 2 is 2.00 bits per heavy atom. The number of hydrogen-bond acceptors (Lipinski definition) is 1. The number of carbonyl (C=O) groups is 1. The Balaban J connectivity index is 1.93. The van der Waals surface area contributed by atoms with Crippen molar-refractivity contribution in [1.29, 1.82) is 0 Å². The summed E-state index contributed by atoms with van der Waals surface area (Å²) in [5.74, 6) is 2.62. The molecule has 1 nitrogen and oxygen atoms in total. The molecule has 0 spiro atoms. The van der Waals surface area contributed by atoms with Crippen molar-refractivity contribution < 1.29 is 4.79 Å². The summed E-state index contributed by atoms with van der Waals surface area (Å²) < 4.78 is 0. The van der Waals surface area contributed by atoms with Crippen LogP contribution in [0.5, 0.6) is 0 Å². The first-order valence-corrected chi connectivity index (χ1v) is 7.09. The van der Waals surface area contributed by atoms with E-state index in [0.29, 0.717) is 11.2 Å². The molecule has 0 bridgehead atoms. The van der Waals surface area contributed by atoms with Gasteiger partial charge in [-0.05, 0) is 37.0 Å². The minimum atomic E-state index is 0.284. The summed E-state index contributed by atoms with van der Waals surface area (Å²) in [6, 6.07) is 0. The van der Waals surface area contributed by atoms with E-state index in [2.05, 4.69) is 13.8 Å². The molecule has 2 aliphatic carbocycles. The fourth-order valence-corrected chi connectivity index (χ4v) is 3.94. The summed E-state index contributed by atoms with van der Waals surface area (Å²) in [6.07, 6.45) is 9.66. The standard InChI is InChI=1S/C15H26O/c1-4-15(9-11(2)12(3)16)10-14(15)13-7-5-6-8-13/h11,13-14H,4-10H2,1-3H3/t11?,14-,15+/m1/s1. The van der Waals surface area contributed by atoms with Crippen LogP contribution in [0.25, 0.3) is 0 Å². The predicted molar refractivity (Wildman–Crippen MR) is 67.3 cm³/mol. The Morgan fingerprint density at radius 1 is 1.38 bits per heavy atom. The molecular weight excluding hydrogens is 196 g/mol. The van der Waals surface area contributed by atoms with Crippen LogP contribution >= 0.6 is 0 Å². The van der Waals surface area contributed by atoms with Gasteiger partial charge in [0.15, 0.2) is 0 Å². The summed E-state index contributed by atoms with van der Waals surface area (Å²) >= 11 is 0. The summed E-state index contributed by atoms with van der Waals surface area (Å²) in [6.45, 7) is 6.19. The highest BCUT2D eigenvalue weighted by Gasteiger charge is 2.56. The van der Waals surface area contributed by atoms with Crippen LogP contribution in [-0.2, 0) is 4.79 Å². The zero-order valence-corrected chi connectivity index (χ0v) is 11.1. The van der Waals surface area contributed by atoms with Crippen LogP contribution in [0.15, 0.2) is 0 Å². The SMILES string of the molecule is CC[C@]1(CC(C)C(C)=O)C[C@@H]1C1CCCC1. The largest absolute Gasteiger partial charge is 0.300 e. The van der Waals surface area contributed by atoms with E-state index in [1.807, 2.05) is 0 Å². The van der Waals surface area contributed by atoms with E-state index in [9.17, 15) is 4.79 Å². The number of Topliss-reactive ketones (excluding diaryl/α,β-unsaturated/α-hetero) is 1. The highest BCUT2D eigenvalue weighted by atomic mass is 16.1. The van der Waals surface area contributed by atoms with Crippen molar-refractivity contribution in [2.45, 2.75) is 65.7 Å². The highest BCUT2D eigenvalue weighted by Crippen LogP contribution is 2.64. The van der Waals surface area contributed by atoms with E-state index in [1.54, 1.807) is 6.92 Å². The Bertz CT molecular complexity index is 265. The molecule has 16 heavy (non-hydrogen) atoms. The Morgan fingerprint density at radius 3 is 2.50 bits per heavy atom. The van der Waals surface area contributed by atoms with Gasteiger partial charge in [0.2, 0.25) is 0 Å². The van der Waals surface area contributed by atoms with Gasteiger partial charge < -0.3 is 0 Å². The van der Waals surface area contributed by atoms with Gasteiger partial charge in [0, 0.05) is 5.92 Å². The molecule has 0 heterocycles. The summed E-state index contributed by atoms with van der Waals surface area (Å²) in [7, 11) is 0. The average Bonchev–Trinajstić information content (AvgIpc) is 2.74. The van der Waals surface area contributed by atoms with Crippen LogP contribution in [0.1, 0.15) is 65.7 Å². The van der Waals surface area contributed by atoms with Crippen LogP contribution in [0, 0.1) is 23.2 Å². The normalized spacial score (nSPS) is 36.3. The molecule has 0 saturated heterocycles. The molecule has 0 amide bonds. The lowest BCUT2D eigenvalue weighted by atomic mass is 9.83. The molecule has 1 heteroatoms. The fraction of sp³-hybridized carbons (Fsp3) is 0.933. The smallest absolute Gasteiger partial charge is 0.132 e. The molecule has 2 aliphatic rings. The van der Waals surface area contributed by atoms with E-state index in [4.69, 9.17) is 0 Å². The van der Waals surface area contributed by atoms with Gasteiger partial charge in [-0.25, -0.2) is 0 Å². The van der Waals surface area contributed by atoms with Gasteiger partial charge in [-0.15, -0.1) is 0 Å². The minimum absolute atomic E-state index is 0.284. The third-order valence-electron chi connectivity index (χ3n) is 5.33. The van der Waals surface area contributed by atoms with E-state index >= 15 is 0 Å². The van der Waals surface area contributed by atoms with Crippen molar-refractivity contribution in [3.05, 3.63) is 0 Å². The minimum Gasteiger partial charge on any atom is -0.300 e. The molecular formula is C15H26O. The summed E-state index contributed by atoms with van der Waals surface area (Å²) in [4.78, 5) is 11.4. The van der Waals surface area contributed by atoms with Gasteiger partial charge >= 0.3 is 0 Å². The monoisotopic (exact) mass is 222 g/mol. The molecule has 0 N–H and O–H groups in total. The molecule has 0 aromatic rings.